The van der Waals surface area contributed by atoms with E-state index in [4.69, 9.17) is 0 Å². The van der Waals surface area contributed by atoms with Crippen LogP contribution in [0, 0.1) is 12.8 Å². The summed E-state index contributed by atoms with van der Waals surface area (Å²) >= 11 is 0. The zero-order valence-corrected chi connectivity index (χ0v) is 17.3. The van der Waals surface area contributed by atoms with Gasteiger partial charge in [-0.1, -0.05) is 29.8 Å². The van der Waals surface area contributed by atoms with Crippen LogP contribution in [0.1, 0.15) is 29.5 Å². The molecule has 3 rings (SSSR count). The van der Waals surface area contributed by atoms with E-state index in [0.29, 0.717) is 12.8 Å². The largest absolute Gasteiger partial charge is 0.416 e. The number of amides is 1. The molecule has 30 heavy (non-hydrogen) atoms. The zero-order chi connectivity index (χ0) is 21.9. The van der Waals surface area contributed by atoms with E-state index in [9.17, 15) is 26.4 Å². The number of nitrogens with zero attached hydrogens (tertiary/aromatic N) is 1. The number of hydrogen-bond donors (Lipinski definition) is 1. The number of alkyl halides is 3. The highest BCUT2D eigenvalue weighted by Crippen LogP contribution is 2.30. The van der Waals surface area contributed by atoms with Gasteiger partial charge in [0.15, 0.2) is 0 Å². The van der Waals surface area contributed by atoms with E-state index >= 15 is 0 Å². The van der Waals surface area contributed by atoms with Crippen LogP contribution in [0.3, 0.4) is 0 Å². The smallest absolute Gasteiger partial charge is 0.326 e. The van der Waals surface area contributed by atoms with Gasteiger partial charge in [0.1, 0.15) is 0 Å². The molecule has 0 saturated carbocycles. The molecule has 0 radical (unpaired) electrons. The Kier molecular flexibility index (Phi) is 6.52. The van der Waals surface area contributed by atoms with Crippen molar-refractivity contribution in [1.29, 1.82) is 0 Å². The summed E-state index contributed by atoms with van der Waals surface area (Å²) in [6.45, 7) is 2.37. The van der Waals surface area contributed by atoms with Crippen molar-refractivity contribution >= 4 is 21.6 Å². The highest BCUT2D eigenvalue weighted by molar-refractivity contribution is 7.88. The zero-order valence-electron chi connectivity index (χ0n) is 16.4. The maximum Gasteiger partial charge on any atom is 0.416 e. The Hall–Kier alpha value is -2.39. The first-order chi connectivity index (χ1) is 14.0. The lowest BCUT2D eigenvalue weighted by molar-refractivity contribution is -0.137. The number of piperidine rings is 1. The lowest BCUT2D eigenvalue weighted by Gasteiger charge is -2.30. The van der Waals surface area contributed by atoms with Crippen LogP contribution in [0.5, 0.6) is 0 Å². The minimum absolute atomic E-state index is 0.0862. The number of carbonyl (C=O) groups excluding carboxylic acids is 1. The molecule has 0 unspecified atom stereocenters. The fourth-order valence-electron chi connectivity index (χ4n) is 3.49. The number of benzene rings is 2. The van der Waals surface area contributed by atoms with Crippen molar-refractivity contribution < 1.29 is 26.4 Å². The molecule has 1 aliphatic heterocycles. The Morgan fingerprint density at radius 3 is 2.30 bits per heavy atom. The molecule has 1 saturated heterocycles. The average molecular weight is 440 g/mol. The molecule has 0 spiro atoms. The molecule has 1 aliphatic rings. The Bertz CT molecular complexity index is 997. The molecule has 0 bridgehead atoms. The van der Waals surface area contributed by atoms with Gasteiger partial charge < -0.3 is 5.32 Å². The van der Waals surface area contributed by atoms with Gasteiger partial charge in [0.2, 0.25) is 15.9 Å². The molecule has 1 heterocycles. The topological polar surface area (TPSA) is 66.5 Å². The first-order valence-corrected chi connectivity index (χ1v) is 11.2. The molecule has 0 aliphatic carbocycles. The van der Waals surface area contributed by atoms with Crippen molar-refractivity contribution in [1.82, 2.24) is 4.31 Å². The van der Waals surface area contributed by atoms with Gasteiger partial charge in [-0.05, 0) is 49.6 Å². The van der Waals surface area contributed by atoms with E-state index in [1.165, 1.54) is 16.4 Å². The molecular formula is C21H23F3N2O3S. The quantitative estimate of drug-likeness (QED) is 0.758. The van der Waals surface area contributed by atoms with Gasteiger partial charge in [0.25, 0.3) is 0 Å². The molecule has 162 valence electrons. The second-order valence-corrected chi connectivity index (χ2v) is 9.45. The summed E-state index contributed by atoms with van der Waals surface area (Å²) in [6.07, 6.45) is -3.71. The third-order valence-corrected chi connectivity index (χ3v) is 6.98. The van der Waals surface area contributed by atoms with Gasteiger partial charge in [-0.2, -0.15) is 13.2 Å². The summed E-state index contributed by atoms with van der Waals surface area (Å²) < 4.78 is 64.6. The molecule has 0 atom stereocenters. The SMILES string of the molecule is Cc1cccc(CS(=O)(=O)N2CCC(C(=O)Nc3ccc(C(F)(F)F)cc3)CC2)c1. The Balaban J connectivity index is 1.55. The monoisotopic (exact) mass is 440 g/mol. The van der Waals surface area contributed by atoms with E-state index in [1.54, 1.807) is 6.07 Å². The molecule has 2 aromatic carbocycles. The molecular weight excluding hydrogens is 417 g/mol. The van der Waals surface area contributed by atoms with Crippen LogP contribution in [0.25, 0.3) is 0 Å². The number of rotatable bonds is 5. The van der Waals surface area contributed by atoms with Crippen LogP contribution >= 0.6 is 0 Å². The number of halogens is 3. The standard InChI is InChI=1S/C21H23F3N2O3S/c1-15-3-2-4-16(13-15)14-30(28,29)26-11-9-17(10-12-26)20(27)25-19-7-5-18(6-8-19)21(22,23)24/h2-8,13,17H,9-12,14H2,1H3,(H,25,27). The lowest BCUT2D eigenvalue weighted by atomic mass is 9.97. The number of carbonyl (C=O) groups is 1. The van der Waals surface area contributed by atoms with Gasteiger partial charge in [-0.3, -0.25) is 4.79 Å². The number of sulfonamides is 1. The van der Waals surface area contributed by atoms with Crippen LogP contribution in [0.4, 0.5) is 18.9 Å². The van der Waals surface area contributed by atoms with Crippen molar-refractivity contribution in [3.8, 4) is 0 Å². The van der Waals surface area contributed by atoms with Crippen molar-refractivity contribution in [2.75, 3.05) is 18.4 Å². The third-order valence-electron chi connectivity index (χ3n) is 5.13. The summed E-state index contributed by atoms with van der Waals surface area (Å²) in [5.74, 6) is -0.792. The van der Waals surface area contributed by atoms with E-state index in [0.717, 1.165) is 23.3 Å². The maximum atomic E-state index is 12.7. The third kappa shape index (κ3) is 5.60. The Labute approximate surface area is 173 Å². The van der Waals surface area contributed by atoms with Gasteiger partial charge in [0, 0.05) is 24.7 Å². The fraction of sp³-hybridized carbons (Fsp3) is 0.381. The number of aryl methyl sites for hydroxylation is 1. The first-order valence-electron chi connectivity index (χ1n) is 9.56. The molecule has 1 N–H and O–H groups in total. The number of nitrogens with one attached hydrogen (secondary N) is 1. The van der Waals surface area contributed by atoms with E-state index in [1.807, 2.05) is 25.1 Å². The summed E-state index contributed by atoms with van der Waals surface area (Å²) in [6, 6.07) is 11.6. The van der Waals surface area contributed by atoms with E-state index in [2.05, 4.69) is 5.32 Å². The van der Waals surface area contributed by atoms with Gasteiger partial charge in [0.05, 0.1) is 11.3 Å². The molecule has 0 aromatic heterocycles. The van der Waals surface area contributed by atoms with Crippen LogP contribution in [-0.4, -0.2) is 31.7 Å². The molecule has 1 fully saturated rings. The van der Waals surface area contributed by atoms with E-state index in [-0.39, 0.29) is 30.4 Å². The highest BCUT2D eigenvalue weighted by Gasteiger charge is 2.32. The minimum atomic E-state index is -4.43. The Morgan fingerprint density at radius 1 is 1.10 bits per heavy atom. The summed E-state index contributed by atoms with van der Waals surface area (Å²) in [4.78, 5) is 12.4. The number of anilines is 1. The van der Waals surface area contributed by atoms with E-state index < -0.39 is 27.7 Å². The van der Waals surface area contributed by atoms with Crippen LogP contribution < -0.4 is 5.32 Å². The predicted octanol–water partition coefficient (Wildman–Crippen LogP) is 4.19. The van der Waals surface area contributed by atoms with Gasteiger partial charge in [-0.15, -0.1) is 0 Å². The van der Waals surface area contributed by atoms with Crippen LogP contribution in [0.15, 0.2) is 48.5 Å². The van der Waals surface area contributed by atoms with Crippen molar-refractivity contribution in [3.63, 3.8) is 0 Å². The summed E-state index contributed by atoms with van der Waals surface area (Å²) in [5.41, 5.74) is 1.20. The molecule has 5 nitrogen and oxygen atoms in total. The Morgan fingerprint density at radius 2 is 1.73 bits per heavy atom. The van der Waals surface area contributed by atoms with Crippen molar-refractivity contribution in [2.45, 2.75) is 31.7 Å². The first kappa shape index (κ1) is 22.3. The van der Waals surface area contributed by atoms with Gasteiger partial charge in [-0.25, -0.2) is 12.7 Å². The average Bonchev–Trinajstić information content (AvgIpc) is 2.67. The second kappa shape index (κ2) is 8.77. The maximum absolute atomic E-state index is 12.7. The fourth-order valence-corrected chi connectivity index (χ4v) is 5.04. The molecule has 9 heteroatoms. The molecule has 2 aromatic rings. The van der Waals surface area contributed by atoms with Crippen molar-refractivity contribution in [2.24, 2.45) is 5.92 Å². The number of hydrogen-bond acceptors (Lipinski definition) is 3. The summed E-state index contributed by atoms with van der Waals surface area (Å²) in [5, 5.41) is 2.62. The lowest BCUT2D eigenvalue weighted by Crippen LogP contribution is -2.41. The highest BCUT2D eigenvalue weighted by atomic mass is 32.2. The summed E-state index contributed by atoms with van der Waals surface area (Å²) in [7, 11) is -3.48. The van der Waals surface area contributed by atoms with Crippen LogP contribution in [0.2, 0.25) is 0 Å². The van der Waals surface area contributed by atoms with Gasteiger partial charge >= 0.3 is 6.18 Å². The van der Waals surface area contributed by atoms with Crippen molar-refractivity contribution in [3.05, 3.63) is 65.2 Å². The van der Waals surface area contributed by atoms with Crippen LogP contribution in [-0.2, 0) is 26.7 Å². The normalized spacial score (nSPS) is 16.4. The predicted molar refractivity (Wildman–Crippen MR) is 108 cm³/mol. The molecule has 1 amide bonds. The second-order valence-electron chi connectivity index (χ2n) is 7.48. The minimum Gasteiger partial charge on any atom is -0.326 e.